The number of ether oxygens (including phenoxy) is 1. The largest absolute Gasteiger partial charge is 0.490 e. The quantitative estimate of drug-likeness (QED) is 0.850. The molecule has 0 bridgehead atoms. The third-order valence-electron chi connectivity index (χ3n) is 3.84. The minimum atomic E-state index is -4.39. The summed E-state index contributed by atoms with van der Waals surface area (Å²) in [5, 5.41) is 0. The lowest BCUT2D eigenvalue weighted by Gasteiger charge is -2.19. The Hall–Kier alpha value is -1.30. The Morgan fingerprint density at radius 1 is 1.40 bits per heavy atom. The molecule has 6 heteroatoms. The van der Waals surface area contributed by atoms with Gasteiger partial charge in [-0.1, -0.05) is 13.3 Å². The van der Waals surface area contributed by atoms with E-state index in [4.69, 9.17) is 4.74 Å². The van der Waals surface area contributed by atoms with E-state index in [1.807, 2.05) is 7.05 Å². The number of hydrogen-bond acceptors (Lipinski definition) is 3. The number of hydrogen-bond donors (Lipinski definition) is 0. The fourth-order valence-electron chi connectivity index (χ4n) is 2.53. The first kappa shape index (κ1) is 15.1. The van der Waals surface area contributed by atoms with Crippen molar-refractivity contribution in [2.24, 2.45) is 5.92 Å². The number of likely N-dealkylation sites (tertiary alicyclic amines) is 1. The molecule has 1 aliphatic rings. The van der Waals surface area contributed by atoms with Crippen LogP contribution >= 0.6 is 0 Å². The number of pyridine rings is 1. The van der Waals surface area contributed by atoms with Gasteiger partial charge >= 0.3 is 6.18 Å². The molecule has 112 valence electrons. The summed E-state index contributed by atoms with van der Waals surface area (Å²) < 4.78 is 43.2. The Labute approximate surface area is 116 Å². The number of aromatic nitrogens is 1. The molecule has 1 aromatic rings. The van der Waals surface area contributed by atoms with E-state index in [2.05, 4.69) is 16.8 Å². The highest BCUT2D eigenvalue weighted by atomic mass is 19.4. The average molecular weight is 288 g/mol. The van der Waals surface area contributed by atoms with Gasteiger partial charge in [0.1, 0.15) is 12.4 Å². The summed E-state index contributed by atoms with van der Waals surface area (Å²) in [6.45, 7) is 3.57. The maximum absolute atomic E-state index is 12.6. The summed E-state index contributed by atoms with van der Waals surface area (Å²) in [6, 6.07) is 1.26. The van der Waals surface area contributed by atoms with Crippen LogP contribution in [0.15, 0.2) is 18.5 Å². The van der Waals surface area contributed by atoms with Gasteiger partial charge in [0.2, 0.25) is 0 Å². The van der Waals surface area contributed by atoms with Crippen LogP contribution in [0.1, 0.15) is 25.3 Å². The Morgan fingerprint density at radius 2 is 2.15 bits per heavy atom. The lowest BCUT2D eigenvalue weighted by Crippen LogP contribution is -2.30. The van der Waals surface area contributed by atoms with Crippen molar-refractivity contribution in [3.8, 4) is 5.75 Å². The Bertz CT molecular complexity index is 450. The molecule has 1 aliphatic heterocycles. The highest BCUT2D eigenvalue weighted by molar-refractivity contribution is 5.25. The zero-order chi connectivity index (χ0) is 14.8. The van der Waals surface area contributed by atoms with E-state index in [0.29, 0.717) is 12.5 Å². The van der Waals surface area contributed by atoms with Crippen LogP contribution in [0.2, 0.25) is 0 Å². The normalized spacial score (nSPS) is 24.1. The number of likely N-dealkylation sites (N-methyl/N-ethyl adjacent to an activating group) is 1. The average Bonchev–Trinajstić information content (AvgIpc) is 2.76. The molecule has 0 radical (unpaired) electrons. The molecular weight excluding hydrogens is 269 g/mol. The predicted octanol–water partition coefficient (Wildman–Crippen LogP) is 3.21. The predicted molar refractivity (Wildman–Crippen MR) is 69.6 cm³/mol. The van der Waals surface area contributed by atoms with Gasteiger partial charge in [-0.25, -0.2) is 0 Å². The highest BCUT2D eigenvalue weighted by Crippen LogP contribution is 2.31. The van der Waals surface area contributed by atoms with Crippen LogP contribution < -0.4 is 4.74 Å². The molecule has 0 aliphatic carbocycles. The molecule has 1 fully saturated rings. The molecule has 2 rings (SSSR count). The summed E-state index contributed by atoms with van der Waals surface area (Å²) in [5.74, 6) is 0.821. The standard InChI is InChI=1S/C14H19F3N2O/c1-3-10-4-12(19(2)8-10)9-20-13-5-11(6-18-7-13)14(15,16)17/h5-7,10,12H,3-4,8-9H2,1-2H3/t10?,12-/m0/s1. The first-order valence-corrected chi connectivity index (χ1v) is 6.75. The van der Waals surface area contributed by atoms with E-state index in [-0.39, 0.29) is 11.8 Å². The van der Waals surface area contributed by atoms with E-state index in [1.165, 1.54) is 6.20 Å². The van der Waals surface area contributed by atoms with Gasteiger partial charge in [-0.3, -0.25) is 9.88 Å². The van der Waals surface area contributed by atoms with E-state index < -0.39 is 11.7 Å². The zero-order valence-electron chi connectivity index (χ0n) is 11.7. The molecule has 1 unspecified atom stereocenters. The van der Waals surface area contributed by atoms with Crippen molar-refractivity contribution in [2.45, 2.75) is 32.0 Å². The van der Waals surface area contributed by atoms with Crippen LogP contribution in [0, 0.1) is 5.92 Å². The molecule has 0 N–H and O–H groups in total. The van der Waals surface area contributed by atoms with E-state index >= 15 is 0 Å². The molecular formula is C14H19F3N2O. The second kappa shape index (κ2) is 5.99. The second-order valence-corrected chi connectivity index (χ2v) is 5.32. The van der Waals surface area contributed by atoms with E-state index in [9.17, 15) is 13.2 Å². The van der Waals surface area contributed by atoms with Crippen molar-refractivity contribution in [1.82, 2.24) is 9.88 Å². The van der Waals surface area contributed by atoms with Crippen LogP contribution in [0.5, 0.6) is 5.75 Å². The number of nitrogens with zero attached hydrogens (tertiary/aromatic N) is 2. The monoisotopic (exact) mass is 288 g/mol. The molecule has 2 atom stereocenters. The zero-order valence-corrected chi connectivity index (χ0v) is 11.7. The van der Waals surface area contributed by atoms with Crippen LogP contribution in [-0.2, 0) is 6.18 Å². The molecule has 0 aromatic carbocycles. The van der Waals surface area contributed by atoms with Gasteiger partial charge in [0.05, 0.1) is 11.8 Å². The number of rotatable bonds is 4. The van der Waals surface area contributed by atoms with Gasteiger partial charge in [-0.2, -0.15) is 13.2 Å². The third kappa shape index (κ3) is 3.62. The molecule has 0 amide bonds. The smallest absolute Gasteiger partial charge is 0.418 e. The first-order valence-electron chi connectivity index (χ1n) is 6.75. The van der Waals surface area contributed by atoms with Gasteiger partial charge < -0.3 is 4.74 Å². The van der Waals surface area contributed by atoms with Crippen LogP contribution in [-0.4, -0.2) is 36.1 Å². The summed E-state index contributed by atoms with van der Waals surface area (Å²) in [6.07, 6.45) is -0.113. The first-order chi connectivity index (χ1) is 9.40. The van der Waals surface area contributed by atoms with Crippen molar-refractivity contribution < 1.29 is 17.9 Å². The minimum absolute atomic E-state index is 0.174. The molecule has 0 spiro atoms. The van der Waals surface area contributed by atoms with E-state index in [0.717, 1.165) is 31.6 Å². The maximum Gasteiger partial charge on any atom is 0.418 e. The van der Waals surface area contributed by atoms with E-state index in [1.54, 1.807) is 0 Å². The fourth-order valence-corrected chi connectivity index (χ4v) is 2.53. The SMILES string of the molecule is CCC1C[C@@H](COc2cncc(C(F)(F)F)c2)N(C)C1. The van der Waals surface area contributed by atoms with Gasteiger partial charge in [-0.05, 0) is 25.5 Å². The van der Waals surface area contributed by atoms with Crippen LogP contribution in [0.3, 0.4) is 0 Å². The van der Waals surface area contributed by atoms with Crippen molar-refractivity contribution in [1.29, 1.82) is 0 Å². The lowest BCUT2D eigenvalue weighted by atomic mass is 10.0. The topological polar surface area (TPSA) is 25.4 Å². The number of halogens is 3. The fraction of sp³-hybridized carbons (Fsp3) is 0.643. The van der Waals surface area contributed by atoms with Crippen LogP contribution in [0.4, 0.5) is 13.2 Å². The van der Waals surface area contributed by atoms with Gasteiger partial charge in [0.25, 0.3) is 0 Å². The van der Waals surface area contributed by atoms with Gasteiger partial charge in [0, 0.05) is 18.8 Å². The maximum atomic E-state index is 12.6. The van der Waals surface area contributed by atoms with Crippen LogP contribution in [0.25, 0.3) is 0 Å². The van der Waals surface area contributed by atoms with Crippen molar-refractivity contribution in [3.63, 3.8) is 0 Å². The lowest BCUT2D eigenvalue weighted by molar-refractivity contribution is -0.137. The second-order valence-electron chi connectivity index (χ2n) is 5.32. The molecule has 1 saturated heterocycles. The molecule has 2 heterocycles. The Morgan fingerprint density at radius 3 is 2.75 bits per heavy atom. The summed E-state index contributed by atoms with van der Waals surface area (Å²) >= 11 is 0. The highest BCUT2D eigenvalue weighted by Gasteiger charge is 2.32. The Balaban J connectivity index is 1.94. The molecule has 1 aromatic heterocycles. The minimum Gasteiger partial charge on any atom is -0.490 e. The molecule has 0 saturated carbocycles. The summed E-state index contributed by atoms with van der Waals surface area (Å²) in [5.41, 5.74) is -0.777. The van der Waals surface area contributed by atoms with Crippen molar-refractivity contribution in [3.05, 3.63) is 24.0 Å². The number of alkyl halides is 3. The Kier molecular flexibility index (Phi) is 4.52. The van der Waals surface area contributed by atoms with Crippen molar-refractivity contribution in [2.75, 3.05) is 20.2 Å². The summed E-state index contributed by atoms with van der Waals surface area (Å²) in [7, 11) is 2.02. The van der Waals surface area contributed by atoms with Gasteiger partial charge in [-0.15, -0.1) is 0 Å². The molecule has 3 nitrogen and oxygen atoms in total. The van der Waals surface area contributed by atoms with Gasteiger partial charge in [0.15, 0.2) is 0 Å². The molecule has 20 heavy (non-hydrogen) atoms. The van der Waals surface area contributed by atoms with Crippen molar-refractivity contribution >= 4 is 0 Å². The summed E-state index contributed by atoms with van der Waals surface area (Å²) in [4.78, 5) is 5.79. The third-order valence-corrected chi connectivity index (χ3v) is 3.84.